The monoisotopic (exact) mass is 488 g/mol. The van der Waals surface area contributed by atoms with Crippen LogP contribution >= 0.6 is 0 Å². The number of amides is 1. The molecule has 0 saturated carbocycles. The average Bonchev–Trinajstić information content (AvgIpc) is 3.25. The molecule has 7 heteroatoms. The van der Waals surface area contributed by atoms with Gasteiger partial charge in [0.05, 0.1) is 5.69 Å². The summed E-state index contributed by atoms with van der Waals surface area (Å²) >= 11 is 0. The Morgan fingerprint density at radius 2 is 1.67 bits per heavy atom. The van der Waals surface area contributed by atoms with E-state index in [0.29, 0.717) is 18.7 Å². The Bertz CT molecular complexity index is 1210. The molecule has 1 aromatic heterocycles. The molecule has 1 saturated heterocycles. The van der Waals surface area contributed by atoms with Gasteiger partial charge in [-0.15, -0.1) is 0 Å². The molecule has 5 rings (SSSR count). The number of fused-ring (bicyclic) bond motifs is 1. The number of anilines is 1. The number of aryl methyl sites for hydroxylation is 2. The van der Waals surface area contributed by atoms with Crippen LogP contribution < -0.4 is 4.90 Å². The van der Waals surface area contributed by atoms with Crippen LogP contribution in [0.5, 0.6) is 0 Å². The summed E-state index contributed by atoms with van der Waals surface area (Å²) in [7, 11) is 1.90. The highest BCUT2D eigenvalue weighted by atomic mass is 19.1. The topological polar surface area (TPSA) is 58.4 Å². The minimum atomic E-state index is -0.357. The minimum Gasteiger partial charge on any atom is -0.302 e. The number of hydrogen-bond acceptors (Lipinski definition) is 4. The number of benzene rings is 2. The molecule has 0 bridgehead atoms. The summed E-state index contributed by atoms with van der Waals surface area (Å²) in [5.74, 6) is 0.632. The van der Waals surface area contributed by atoms with Crippen LogP contribution in [0.15, 0.2) is 54.6 Å². The second kappa shape index (κ2) is 10.7. The van der Waals surface area contributed by atoms with Gasteiger partial charge in [0.25, 0.3) is 5.91 Å². The number of rotatable bonds is 7. The third-order valence-electron chi connectivity index (χ3n) is 7.53. The van der Waals surface area contributed by atoms with Gasteiger partial charge in [0.15, 0.2) is 5.78 Å². The van der Waals surface area contributed by atoms with Crippen LogP contribution in [0.1, 0.15) is 57.7 Å². The smallest absolute Gasteiger partial charge is 0.259 e. The molecule has 0 spiro atoms. The second-order valence-corrected chi connectivity index (χ2v) is 9.89. The number of Topliss-reactive ketones (excluding diaryl/α,β-unsaturated/α-hetero) is 1. The normalized spacial score (nSPS) is 16.5. The highest BCUT2D eigenvalue weighted by Gasteiger charge is 2.30. The zero-order chi connectivity index (χ0) is 25.1. The maximum atomic E-state index is 13.7. The van der Waals surface area contributed by atoms with Crippen LogP contribution in [0.25, 0.3) is 0 Å². The van der Waals surface area contributed by atoms with Gasteiger partial charge in [-0.3, -0.25) is 19.2 Å². The standard InChI is InChI=1S/C29H33FN4O2/c1-32-28(25-9-5-6-10-26(25)31-32)34(29(36)23-11-13-24(30)14-12-23)20-19-33-17-15-22(16-18-33)27(35)21-7-3-2-4-8-21/h2-4,7-8,11-14,22H,5-6,9-10,15-20H2,1H3. The van der Waals surface area contributed by atoms with Crippen LogP contribution in [-0.4, -0.2) is 52.5 Å². The lowest BCUT2D eigenvalue weighted by atomic mass is 9.89. The van der Waals surface area contributed by atoms with E-state index in [9.17, 15) is 14.0 Å². The molecule has 36 heavy (non-hydrogen) atoms. The van der Waals surface area contributed by atoms with Gasteiger partial charge in [-0.25, -0.2) is 4.39 Å². The molecule has 1 amide bonds. The summed E-state index contributed by atoms with van der Waals surface area (Å²) in [6, 6.07) is 15.3. The Morgan fingerprint density at radius 3 is 2.39 bits per heavy atom. The van der Waals surface area contributed by atoms with Crippen LogP contribution in [0.2, 0.25) is 0 Å². The molecule has 1 aliphatic carbocycles. The Morgan fingerprint density at radius 1 is 0.972 bits per heavy atom. The van der Waals surface area contributed by atoms with Gasteiger partial charge in [-0.2, -0.15) is 5.10 Å². The van der Waals surface area contributed by atoms with Crippen molar-refractivity contribution in [2.75, 3.05) is 31.1 Å². The Balaban J connectivity index is 1.30. The number of piperidine rings is 1. The zero-order valence-corrected chi connectivity index (χ0v) is 20.8. The predicted octanol–water partition coefficient (Wildman–Crippen LogP) is 4.68. The first-order chi connectivity index (χ1) is 17.5. The van der Waals surface area contributed by atoms with E-state index in [0.717, 1.165) is 74.3 Å². The molecule has 0 N–H and O–H groups in total. The van der Waals surface area contributed by atoms with E-state index in [2.05, 4.69) is 4.90 Å². The van der Waals surface area contributed by atoms with E-state index in [1.54, 1.807) is 12.1 Å². The molecule has 2 aliphatic rings. The molecule has 0 unspecified atom stereocenters. The molecule has 1 aliphatic heterocycles. The highest BCUT2D eigenvalue weighted by Crippen LogP contribution is 2.31. The Labute approximate surface area is 211 Å². The van der Waals surface area contributed by atoms with Gasteiger partial charge in [-0.1, -0.05) is 30.3 Å². The van der Waals surface area contributed by atoms with Crippen molar-refractivity contribution in [3.8, 4) is 0 Å². The zero-order valence-electron chi connectivity index (χ0n) is 20.8. The van der Waals surface area contributed by atoms with Gasteiger partial charge in [0, 0.05) is 42.7 Å². The van der Waals surface area contributed by atoms with Crippen molar-refractivity contribution in [2.24, 2.45) is 13.0 Å². The SMILES string of the molecule is Cn1nc2c(c1N(CCN1CCC(C(=O)c3ccccc3)CC1)C(=O)c1ccc(F)cc1)CCCC2. The van der Waals surface area contributed by atoms with Gasteiger partial charge in [0.1, 0.15) is 11.6 Å². The molecule has 2 heterocycles. The summed E-state index contributed by atoms with van der Waals surface area (Å²) in [5.41, 5.74) is 3.49. The first-order valence-corrected chi connectivity index (χ1v) is 12.9. The number of nitrogens with zero attached hydrogens (tertiary/aromatic N) is 4. The van der Waals surface area contributed by atoms with E-state index in [1.165, 1.54) is 12.1 Å². The molecule has 3 aromatic rings. The number of carbonyl (C=O) groups is 2. The van der Waals surface area contributed by atoms with Crippen LogP contribution in [0, 0.1) is 11.7 Å². The van der Waals surface area contributed by atoms with E-state index in [1.807, 2.05) is 47.0 Å². The van der Waals surface area contributed by atoms with Crippen LogP contribution in [0.3, 0.4) is 0 Å². The van der Waals surface area contributed by atoms with Crippen molar-refractivity contribution >= 4 is 17.5 Å². The van der Waals surface area contributed by atoms with Gasteiger partial charge in [-0.05, 0) is 75.9 Å². The van der Waals surface area contributed by atoms with Crippen molar-refractivity contribution in [1.82, 2.24) is 14.7 Å². The molecular weight excluding hydrogens is 455 g/mol. The fraction of sp³-hybridized carbons (Fsp3) is 0.414. The lowest BCUT2D eigenvalue weighted by molar-refractivity contribution is 0.0841. The number of carbonyl (C=O) groups excluding carboxylic acids is 2. The molecule has 6 nitrogen and oxygen atoms in total. The van der Waals surface area contributed by atoms with E-state index < -0.39 is 0 Å². The van der Waals surface area contributed by atoms with Crippen LogP contribution in [-0.2, 0) is 19.9 Å². The quantitative estimate of drug-likeness (QED) is 0.453. The fourth-order valence-corrected chi connectivity index (χ4v) is 5.55. The Kier molecular flexibility index (Phi) is 7.28. The van der Waals surface area contributed by atoms with Crippen molar-refractivity contribution in [1.29, 1.82) is 0 Å². The number of ketones is 1. The lowest BCUT2D eigenvalue weighted by Gasteiger charge is -2.33. The second-order valence-electron chi connectivity index (χ2n) is 9.89. The fourth-order valence-electron chi connectivity index (χ4n) is 5.55. The number of aromatic nitrogens is 2. The van der Waals surface area contributed by atoms with Crippen molar-refractivity contribution < 1.29 is 14.0 Å². The van der Waals surface area contributed by atoms with Gasteiger partial charge < -0.3 is 4.90 Å². The largest absolute Gasteiger partial charge is 0.302 e. The first kappa shape index (κ1) is 24.4. The maximum Gasteiger partial charge on any atom is 0.259 e. The molecule has 1 fully saturated rings. The van der Waals surface area contributed by atoms with Gasteiger partial charge in [0.2, 0.25) is 0 Å². The van der Waals surface area contributed by atoms with E-state index in [-0.39, 0.29) is 23.4 Å². The molecule has 2 aromatic carbocycles. The summed E-state index contributed by atoms with van der Waals surface area (Å²) in [5, 5.41) is 4.73. The summed E-state index contributed by atoms with van der Waals surface area (Å²) in [4.78, 5) is 30.7. The first-order valence-electron chi connectivity index (χ1n) is 12.9. The molecular formula is C29H33FN4O2. The number of halogens is 1. The van der Waals surface area contributed by atoms with E-state index in [4.69, 9.17) is 5.10 Å². The predicted molar refractivity (Wildman–Crippen MR) is 138 cm³/mol. The van der Waals surface area contributed by atoms with Crippen molar-refractivity contribution in [3.63, 3.8) is 0 Å². The number of likely N-dealkylation sites (tertiary alicyclic amines) is 1. The molecule has 0 atom stereocenters. The molecule has 188 valence electrons. The number of hydrogen-bond donors (Lipinski definition) is 0. The van der Waals surface area contributed by atoms with E-state index >= 15 is 0 Å². The summed E-state index contributed by atoms with van der Waals surface area (Å²) in [6.45, 7) is 2.87. The van der Waals surface area contributed by atoms with Crippen molar-refractivity contribution in [2.45, 2.75) is 38.5 Å². The van der Waals surface area contributed by atoms with Crippen molar-refractivity contribution in [3.05, 3.63) is 82.8 Å². The lowest BCUT2D eigenvalue weighted by Crippen LogP contribution is -2.43. The Hall–Kier alpha value is -3.32. The third-order valence-corrected chi connectivity index (χ3v) is 7.53. The minimum absolute atomic E-state index is 0.0460. The van der Waals surface area contributed by atoms with Crippen LogP contribution in [0.4, 0.5) is 10.2 Å². The van der Waals surface area contributed by atoms with Gasteiger partial charge >= 0.3 is 0 Å². The summed E-state index contributed by atoms with van der Waals surface area (Å²) < 4.78 is 15.4. The molecule has 0 radical (unpaired) electrons. The maximum absolute atomic E-state index is 13.7. The average molecular weight is 489 g/mol. The summed E-state index contributed by atoms with van der Waals surface area (Å²) in [6.07, 6.45) is 5.70. The third kappa shape index (κ3) is 5.12. The highest BCUT2D eigenvalue weighted by molar-refractivity contribution is 6.06.